The molecule has 5 rings (SSSR count). The van der Waals surface area contributed by atoms with Gasteiger partial charge in [-0.25, -0.2) is 0 Å². The Morgan fingerprint density at radius 3 is 2.97 bits per heavy atom. The van der Waals surface area contributed by atoms with Gasteiger partial charge in [-0.15, -0.1) is 0 Å². The molecule has 0 aromatic carbocycles. The van der Waals surface area contributed by atoms with Gasteiger partial charge in [0.25, 0.3) is 0 Å². The number of thiophene rings is 1. The third-order valence-electron chi connectivity index (χ3n) is 5.22. The fourth-order valence-corrected chi connectivity index (χ4v) is 6.06. The van der Waals surface area contributed by atoms with Gasteiger partial charge >= 0.3 is 149 Å². The Balaban J connectivity index is 1.40. The molecule has 0 aliphatic carbocycles. The molecule has 0 bridgehead atoms. The summed E-state index contributed by atoms with van der Waals surface area (Å²) in [5, 5.41) is 4.64. The Labute approximate surface area is 185 Å². The van der Waals surface area contributed by atoms with E-state index in [1.165, 1.54) is 37.2 Å². The normalized spacial score (nSPS) is 17.6. The Morgan fingerprint density at radius 1 is 1.24 bits per heavy atom. The van der Waals surface area contributed by atoms with E-state index in [4.69, 9.17) is 4.98 Å². The SMILES string of the molecule is Cc1cn2c(C3=CN[I-]C=C3)cnc2c(Nc2ccc(CN3CCCCC3)s2)n1. The third kappa shape index (κ3) is 4.19. The number of hydrogen-bond acceptors (Lipinski definition) is 6. The van der Waals surface area contributed by atoms with E-state index in [2.05, 4.69) is 57.8 Å². The molecule has 3 aromatic rings. The first-order chi connectivity index (χ1) is 14.3. The van der Waals surface area contributed by atoms with Crippen molar-refractivity contribution in [2.45, 2.75) is 32.7 Å². The average molecular weight is 519 g/mol. The van der Waals surface area contributed by atoms with Gasteiger partial charge < -0.3 is 0 Å². The van der Waals surface area contributed by atoms with E-state index in [-0.39, 0.29) is 21.5 Å². The minimum atomic E-state index is -0.0490. The molecule has 6 nitrogen and oxygen atoms in total. The second-order valence-electron chi connectivity index (χ2n) is 7.41. The molecule has 0 atom stereocenters. The number of allylic oxidation sites excluding steroid dienone is 2. The number of nitrogens with one attached hydrogen (secondary N) is 2. The number of hydrogen-bond donors (Lipinski definition) is 2. The number of aryl methyl sites for hydroxylation is 1. The fraction of sp³-hybridized carbons (Fsp3) is 0.333. The second kappa shape index (κ2) is 8.45. The molecule has 8 heteroatoms. The summed E-state index contributed by atoms with van der Waals surface area (Å²) < 4.78 is 7.75. The third-order valence-corrected chi connectivity index (χ3v) is 7.59. The quantitative estimate of drug-likeness (QED) is 0.393. The van der Waals surface area contributed by atoms with Crippen LogP contribution in [0.4, 0.5) is 10.8 Å². The van der Waals surface area contributed by atoms with Crippen LogP contribution < -0.4 is 30.3 Å². The molecule has 0 saturated carbocycles. The molecule has 1 fully saturated rings. The molecule has 5 heterocycles. The van der Waals surface area contributed by atoms with Crippen molar-refractivity contribution < 1.29 is 21.5 Å². The van der Waals surface area contributed by atoms with Crippen molar-refractivity contribution in [2.75, 3.05) is 18.4 Å². The summed E-state index contributed by atoms with van der Waals surface area (Å²) in [5.74, 6) is 0.809. The molecule has 152 valence electrons. The van der Waals surface area contributed by atoms with Crippen LogP contribution in [0.1, 0.15) is 35.5 Å². The van der Waals surface area contributed by atoms with Gasteiger partial charge in [0.05, 0.1) is 0 Å². The summed E-state index contributed by atoms with van der Waals surface area (Å²) >= 11 is 1.76. The molecule has 1 saturated heterocycles. The van der Waals surface area contributed by atoms with Crippen LogP contribution in [0, 0.1) is 6.92 Å². The summed E-state index contributed by atoms with van der Waals surface area (Å²) in [6.45, 7) is 5.52. The Bertz CT molecular complexity index is 1080. The zero-order valence-electron chi connectivity index (χ0n) is 16.4. The number of anilines is 2. The van der Waals surface area contributed by atoms with Crippen LogP contribution in [0.5, 0.6) is 0 Å². The second-order valence-corrected chi connectivity index (χ2v) is 10.5. The van der Waals surface area contributed by atoms with Gasteiger partial charge in [-0.05, 0) is 25.9 Å². The van der Waals surface area contributed by atoms with E-state index in [0.717, 1.165) is 40.0 Å². The summed E-state index contributed by atoms with van der Waals surface area (Å²) in [5.41, 5.74) is 4.05. The Hall–Kier alpha value is -1.91. The van der Waals surface area contributed by atoms with E-state index < -0.39 is 0 Å². The van der Waals surface area contributed by atoms with Crippen molar-refractivity contribution >= 4 is 33.4 Å². The Morgan fingerprint density at radius 2 is 2.14 bits per heavy atom. The predicted molar refractivity (Wildman–Crippen MR) is 115 cm³/mol. The molecule has 2 aliphatic heterocycles. The van der Waals surface area contributed by atoms with Crippen LogP contribution in [0.15, 0.2) is 40.9 Å². The zero-order valence-corrected chi connectivity index (χ0v) is 19.3. The number of halogens is 1. The standard InChI is InChI=1S/C21H24IN6S/c1-15-13-28-18(16-7-8-22-24-11-16)12-23-21(28)20(25-15)26-19-6-5-17(29-19)14-27-9-3-2-4-10-27/h5-8,11-13,24H,2-4,9-10,14H2,1H3,(H,25,26)/q-1. The topological polar surface area (TPSA) is 57.5 Å². The van der Waals surface area contributed by atoms with E-state index in [9.17, 15) is 0 Å². The molecular weight excluding hydrogens is 495 g/mol. The molecule has 2 N–H and O–H groups in total. The number of aromatic nitrogens is 3. The Kier molecular flexibility index (Phi) is 5.56. The molecule has 0 spiro atoms. The first-order valence-electron chi connectivity index (χ1n) is 9.94. The molecular formula is C21H24IN6S-. The number of likely N-dealkylation sites (tertiary alicyclic amines) is 1. The van der Waals surface area contributed by atoms with Crippen LogP contribution in [0.2, 0.25) is 0 Å². The number of piperidine rings is 1. The van der Waals surface area contributed by atoms with Gasteiger partial charge in [-0.3, -0.25) is 4.90 Å². The summed E-state index contributed by atoms with van der Waals surface area (Å²) in [7, 11) is 0. The first-order valence-corrected chi connectivity index (χ1v) is 13.1. The average Bonchev–Trinajstić information content (AvgIpc) is 3.36. The summed E-state index contributed by atoms with van der Waals surface area (Å²) in [6, 6.07) is 4.40. The van der Waals surface area contributed by atoms with Crippen LogP contribution in [0.3, 0.4) is 0 Å². The molecule has 0 radical (unpaired) electrons. The first kappa shape index (κ1) is 19.1. The van der Waals surface area contributed by atoms with Crippen LogP contribution >= 0.6 is 11.3 Å². The monoisotopic (exact) mass is 519 g/mol. The maximum atomic E-state index is 4.73. The zero-order chi connectivity index (χ0) is 19.6. The van der Waals surface area contributed by atoms with Gasteiger partial charge in [0.1, 0.15) is 0 Å². The van der Waals surface area contributed by atoms with E-state index >= 15 is 0 Å². The van der Waals surface area contributed by atoms with Gasteiger partial charge in [-0.2, -0.15) is 0 Å². The van der Waals surface area contributed by atoms with E-state index in [1.807, 2.05) is 24.5 Å². The van der Waals surface area contributed by atoms with Crippen LogP contribution in [0.25, 0.3) is 11.2 Å². The number of imidazole rings is 1. The predicted octanol–water partition coefficient (Wildman–Crippen LogP) is 1.29. The van der Waals surface area contributed by atoms with Crippen molar-refractivity contribution in [1.29, 1.82) is 0 Å². The molecule has 29 heavy (non-hydrogen) atoms. The van der Waals surface area contributed by atoms with Crippen molar-refractivity contribution in [3.05, 3.63) is 57.2 Å². The van der Waals surface area contributed by atoms with Crippen molar-refractivity contribution in [2.24, 2.45) is 0 Å². The van der Waals surface area contributed by atoms with Crippen molar-refractivity contribution in [3.63, 3.8) is 0 Å². The van der Waals surface area contributed by atoms with Gasteiger partial charge in [0.15, 0.2) is 0 Å². The maximum absolute atomic E-state index is 4.73. The number of fused-ring (bicyclic) bond motifs is 1. The van der Waals surface area contributed by atoms with Crippen LogP contribution in [-0.2, 0) is 6.54 Å². The van der Waals surface area contributed by atoms with E-state index in [0.29, 0.717) is 0 Å². The molecule has 3 aromatic heterocycles. The van der Waals surface area contributed by atoms with Gasteiger partial charge in [0.2, 0.25) is 0 Å². The van der Waals surface area contributed by atoms with Gasteiger partial charge in [0, 0.05) is 0 Å². The van der Waals surface area contributed by atoms with E-state index in [1.54, 1.807) is 0 Å². The van der Waals surface area contributed by atoms with Crippen LogP contribution in [-0.4, -0.2) is 32.4 Å². The summed E-state index contributed by atoms with van der Waals surface area (Å²) in [6.07, 6.45) is 12.3. The van der Waals surface area contributed by atoms with Gasteiger partial charge in [-0.1, -0.05) is 6.42 Å². The number of rotatable bonds is 5. The number of nitrogens with zero attached hydrogens (tertiary/aromatic N) is 4. The fourth-order valence-electron chi connectivity index (χ4n) is 3.82. The molecule has 0 unspecified atom stereocenters. The summed E-state index contributed by atoms with van der Waals surface area (Å²) in [4.78, 5) is 13.4. The molecule has 0 amide bonds. The van der Waals surface area contributed by atoms with Crippen molar-refractivity contribution in [1.82, 2.24) is 22.8 Å². The van der Waals surface area contributed by atoms with Crippen molar-refractivity contribution in [3.8, 4) is 0 Å². The minimum absolute atomic E-state index is 0.0490. The molecule has 2 aliphatic rings.